The van der Waals surface area contributed by atoms with Gasteiger partial charge < -0.3 is 39.7 Å². The Morgan fingerprint density at radius 1 is 0.516 bits per heavy atom. The maximum absolute atomic E-state index is 16.0. The molecule has 21 heteroatoms. The van der Waals surface area contributed by atoms with Gasteiger partial charge in [-0.25, -0.2) is 26.3 Å². The predicted octanol–water partition coefficient (Wildman–Crippen LogP) is 10.6. The van der Waals surface area contributed by atoms with E-state index >= 15 is 17.6 Å². The number of benzene rings is 4. The number of pyridine rings is 2. The van der Waals surface area contributed by atoms with Crippen molar-refractivity contribution in [2.24, 2.45) is 11.8 Å². The average molecular weight is 1300 g/mol. The molecule has 0 aliphatic rings. The second-order valence-electron chi connectivity index (χ2n) is 25.6. The van der Waals surface area contributed by atoms with Gasteiger partial charge in [-0.1, -0.05) is 27.7 Å². The summed E-state index contributed by atoms with van der Waals surface area (Å²) in [5.41, 5.74) is 5.88. The molecule has 0 fully saturated rings. The number of likely N-dealkylation sites (N-methyl/N-ethyl adjacent to an activating group) is 2. The molecule has 4 N–H and O–H groups in total. The maximum Gasteiger partial charge on any atom is 1.00 e. The van der Waals surface area contributed by atoms with E-state index in [9.17, 15) is 42.7 Å². The Morgan fingerprint density at radius 2 is 0.849 bits per heavy atom. The van der Waals surface area contributed by atoms with E-state index in [4.69, 9.17) is 4.74 Å². The van der Waals surface area contributed by atoms with E-state index in [1.807, 2.05) is 65.7 Å². The number of carbonyl (C=O) groups excluding carboxylic acids is 3. The van der Waals surface area contributed by atoms with E-state index < -0.39 is 94.1 Å². The van der Waals surface area contributed by atoms with Crippen molar-refractivity contribution in [2.75, 3.05) is 47.9 Å². The summed E-state index contributed by atoms with van der Waals surface area (Å²) in [7, 11) is 7.55. The molecule has 2 aromatic heterocycles. The monoisotopic (exact) mass is 1290 g/mol. The van der Waals surface area contributed by atoms with Gasteiger partial charge in [-0.15, -0.1) is 0 Å². The fourth-order valence-electron chi connectivity index (χ4n) is 12.0. The zero-order chi connectivity index (χ0) is 67.5. The summed E-state index contributed by atoms with van der Waals surface area (Å²) in [6.45, 7) is 23.8. The van der Waals surface area contributed by atoms with Crippen molar-refractivity contribution in [3.63, 3.8) is 0 Å². The van der Waals surface area contributed by atoms with Crippen molar-refractivity contribution in [1.82, 2.24) is 18.9 Å². The Labute approximate surface area is 555 Å². The zero-order valence-corrected chi connectivity index (χ0v) is 57.3. The molecule has 6 rings (SSSR count). The van der Waals surface area contributed by atoms with Crippen molar-refractivity contribution < 1.29 is 85.2 Å². The Morgan fingerprint density at radius 3 is 1.15 bits per heavy atom. The number of ether oxygens (including phenoxy) is 1. The van der Waals surface area contributed by atoms with Crippen LogP contribution in [0.1, 0.15) is 164 Å². The third-order valence-electron chi connectivity index (χ3n) is 16.6. The minimum absolute atomic E-state index is 0. The first-order valence-corrected chi connectivity index (χ1v) is 30.7. The number of aliphatic carboxylic acids is 1. The van der Waals surface area contributed by atoms with Crippen LogP contribution in [0, 0.1) is 102 Å². The van der Waals surface area contributed by atoms with Crippen LogP contribution >= 0.6 is 0 Å². The fourth-order valence-corrected chi connectivity index (χ4v) is 12.0. The molecule has 4 atom stereocenters. The number of carboxylic acid groups (broad SMARTS) is 1. The molecule has 93 heavy (non-hydrogen) atoms. The molecule has 0 radical (unpaired) electrons. The molecule has 0 saturated heterocycles. The van der Waals surface area contributed by atoms with Crippen LogP contribution in [0.25, 0.3) is 22.3 Å². The van der Waals surface area contributed by atoms with Crippen molar-refractivity contribution in [2.45, 2.75) is 165 Å². The molecule has 0 aliphatic heterocycles. The molecule has 2 heterocycles. The third kappa shape index (κ3) is 21.3. The van der Waals surface area contributed by atoms with Crippen LogP contribution in [0.3, 0.4) is 0 Å². The van der Waals surface area contributed by atoms with Gasteiger partial charge in [-0.2, -0.15) is 0 Å². The predicted molar refractivity (Wildman–Crippen MR) is 348 cm³/mol. The van der Waals surface area contributed by atoms with Gasteiger partial charge in [0, 0.05) is 50.2 Å². The van der Waals surface area contributed by atoms with Crippen LogP contribution in [-0.2, 0) is 36.8 Å². The summed E-state index contributed by atoms with van der Waals surface area (Å²) in [6.07, 6.45) is 3.02. The number of aryl methyl sites for hydroxylation is 6. The van der Waals surface area contributed by atoms with E-state index in [1.54, 1.807) is 79.8 Å². The number of ketones is 2. The van der Waals surface area contributed by atoms with Gasteiger partial charge in [0.2, 0.25) is 0 Å². The number of hydrogen-bond donors (Lipinski definition) is 1. The van der Waals surface area contributed by atoms with E-state index in [2.05, 4.69) is 0 Å². The van der Waals surface area contributed by atoms with Gasteiger partial charge in [0.05, 0.1) is 31.5 Å². The third-order valence-corrected chi connectivity index (χ3v) is 16.6. The number of carboxylic acids is 1. The van der Waals surface area contributed by atoms with Crippen molar-refractivity contribution >= 4 is 23.5 Å². The summed E-state index contributed by atoms with van der Waals surface area (Å²) in [4.78, 5) is 83.4. The van der Waals surface area contributed by atoms with Crippen molar-refractivity contribution in [1.29, 1.82) is 0 Å². The van der Waals surface area contributed by atoms with Gasteiger partial charge in [0.25, 0.3) is 11.1 Å². The SMILES string of the molecule is CCOC(=O)C[C@H](CC(=O)C(CC(C)C)n1cc(CCN(C)C)c(C)c(F)c1=O)c1cc(-c2c(C)cc(F)cc2C)cc(C)c1F.Cc1cc(-c2c(C)cc(F)cc2C)cc([C@H](CC(=O)O)CC(=O)C(CC(C)C)n2cc(CCN(C)C)c(C)c(F)c2=O)c1F.O.[Li+].[OH-]. The van der Waals surface area contributed by atoms with Gasteiger partial charge >= 0.3 is 30.8 Å². The summed E-state index contributed by atoms with van der Waals surface area (Å²) in [6, 6.07) is 9.90. The molecule has 0 saturated carbocycles. The number of rotatable bonds is 27. The molecule has 0 spiro atoms. The molecule has 0 amide bonds. The molecule has 504 valence electrons. The van der Waals surface area contributed by atoms with Crippen molar-refractivity contribution in [3.05, 3.63) is 183 Å². The second-order valence-corrected chi connectivity index (χ2v) is 25.6. The van der Waals surface area contributed by atoms with Gasteiger partial charge in [0.1, 0.15) is 23.3 Å². The number of carbonyl (C=O) groups is 4. The smallest absolute Gasteiger partial charge is 0.870 e. The van der Waals surface area contributed by atoms with Gasteiger partial charge in [0.15, 0.2) is 23.2 Å². The van der Waals surface area contributed by atoms with Gasteiger partial charge in [-0.3, -0.25) is 28.8 Å². The van der Waals surface area contributed by atoms with E-state index in [0.717, 1.165) is 10.1 Å². The number of halogens is 6. The molecular formula is C72H93F6LiN4O10. The molecule has 2 unspecified atom stereocenters. The van der Waals surface area contributed by atoms with Crippen LogP contribution < -0.4 is 30.0 Å². The zero-order valence-electron chi connectivity index (χ0n) is 57.3. The minimum atomic E-state index is -1.22. The Hall–Kier alpha value is -6.92. The summed E-state index contributed by atoms with van der Waals surface area (Å²) in [5.74, 6) is -8.60. The molecule has 0 aliphatic carbocycles. The number of nitrogens with zero attached hydrogens (tertiary/aromatic N) is 4. The summed E-state index contributed by atoms with van der Waals surface area (Å²) < 4.78 is 97.9. The first-order valence-electron chi connectivity index (χ1n) is 30.7. The minimum Gasteiger partial charge on any atom is -0.870 e. The maximum atomic E-state index is 16.0. The quantitative estimate of drug-likeness (QED) is 0.0291. The van der Waals surface area contributed by atoms with Crippen LogP contribution in [0.15, 0.2) is 70.5 Å². The number of esters is 1. The molecule has 14 nitrogen and oxygen atoms in total. The van der Waals surface area contributed by atoms with E-state index in [0.29, 0.717) is 81.6 Å². The number of aromatic nitrogens is 2. The summed E-state index contributed by atoms with van der Waals surface area (Å²) >= 11 is 0. The van der Waals surface area contributed by atoms with E-state index in [1.165, 1.54) is 48.0 Å². The van der Waals surface area contributed by atoms with Crippen LogP contribution in [-0.4, -0.2) is 106 Å². The van der Waals surface area contributed by atoms with Crippen LogP contribution in [0.2, 0.25) is 0 Å². The standard InChI is InChI=1S/C37H47F3N2O4.C35H43F3N2O4.Li.2H2O/c1-10-46-33(44)19-27(30-17-28(14-24(6)35(30)39)34-22(4)15-29(38)16-23(34)5)18-32(43)31(13-21(2)3)42-20-26(11-12-41(8)9)25(7)36(40)37(42)45;1-19(2)11-29(40-18-24(9-10-39(7)8)23(6)34(38)35(40)44)30(41)16-25(17-31(42)43)28-15-26(12-22(5)33(28)37)32-20(3)13-27(36)14-21(32)4;;;/h14-17,20-21,27,31H,10-13,18-19H2,1-9H3;12-15,18-19,25,29H,9-11,16-17H2,1-8H3,(H,42,43);;2*1H2/q;;+1;;/p-1/t27-,31?;25-,29?;;;/m00.../s1. The van der Waals surface area contributed by atoms with Crippen LogP contribution in [0.4, 0.5) is 26.3 Å². The summed E-state index contributed by atoms with van der Waals surface area (Å²) in [5, 5.41) is 9.79. The number of Topliss-reactive ketones (excluding diaryl/α,β-unsaturated/α-hetero) is 2. The Bertz CT molecular complexity index is 3700. The van der Waals surface area contributed by atoms with Gasteiger partial charge in [-0.05, 0) is 266 Å². The second kappa shape index (κ2) is 36.1. The largest absolute Gasteiger partial charge is 1.00 e. The first kappa shape index (κ1) is 82.2. The molecule has 4 aromatic carbocycles. The van der Waals surface area contributed by atoms with Crippen molar-refractivity contribution in [3.8, 4) is 22.3 Å². The normalized spacial score (nSPS) is 12.5. The first-order chi connectivity index (χ1) is 42.1. The van der Waals surface area contributed by atoms with E-state index in [-0.39, 0.29) is 114 Å². The molecule has 0 bridgehead atoms. The van der Waals surface area contributed by atoms with Crippen LogP contribution in [0.5, 0.6) is 0 Å². The molecular weight excluding hydrogens is 1200 g/mol. The molecule has 6 aromatic rings. The Kier molecular flexibility index (Phi) is 31.9. The average Bonchev–Trinajstić information content (AvgIpc) is 0.972. The Balaban J connectivity index is 0.000000614. The fraction of sp³-hybridized carbons (Fsp3) is 0.472. The topological polar surface area (TPSA) is 210 Å². The number of hydrogen-bond acceptors (Lipinski definition) is 10.